The van der Waals surface area contributed by atoms with Crippen molar-refractivity contribution in [3.8, 4) is 0 Å². The van der Waals surface area contributed by atoms with Gasteiger partial charge < -0.3 is 65.1 Å². The monoisotopic (exact) mass is 814 g/mol. The molecule has 0 aromatic rings. The lowest BCUT2D eigenvalue weighted by Gasteiger charge is -2.46. The Bertz CT molecular complexity index is 1150. The van der Waals surface area contributed by atoms with Crippen LogP contribution in [0.15, 0.2) is 48.6 Å². The molecule has 12 atom stereocenters. The first-order valence-electron chi connectivity index (χ1n) is 21.4. The Morgan fingerprint density at radius 1 is 0.614 bits per heavy atom. The van der Waals surface area contributed by atoms with Gasteiger partial charge in [-0.1, -0.05) is 101 Å². The summed E-state index contributed by atoms with van der Waals surface area (Å²) in [4.78, 5) is 13.0. The molecule has 0 radical (unpaired) electrons. The molecular formula is C43H75NO13. The third kappa shape index (κ3) is 19.7. The van der Waals surface area contributed by atoms with Gasteiger partial charge in [0, 0.05) is 6.42 Å². The summed E-state index contributed by atoms with van der Waals surface area (Å²) in [5.41, 5.74) is 0. The summed E-state index contributed by atoms with van der Waals surface area (Å²) in [6.45, 7) is 2.60. The zero-order chi connectivity index (χ0) is 41.8. The van der Waals surface area contributed by atoms with Crippen LogP contribution in [0, 0.1) is 0 Å². The number of aliphatic hydroxyl groups is 8. The number of carbonyl (C=O) groups excluding carboxylic acids is 1. The number of rotatable bonds is 30. The molecule has 330 valence electrons. The van der Waals surface area contributed by atoms with Gasteiger partial charge in [-0.15, -0.1) is 0 Å². The molecule has 0 aromatic carbocycles. The van der Waals surface area contributed by atoms with E-state index in [0.29, 0.717) is 12.8 Å². The van der Waals surface area contributed by atoms with Crippen molar-refractivity contribution in [1.29, 1.82) is 0 Å². The smallest absolute Gasteiger partial charge is 0.220 e. The molecule has 1 amide bonds. The number of hydrogen-bond acceptors (Lipinski definition) is 13. The Hall–Kier alpha value is -2.05. The van der Waals surface area contributed by atoms with Crippen LogP contribution in [0.5, 0.6) is 0 Å². The van der Waals surface area contributed by atoms with Crippen LogP contribution in [-0.4, -0.2) is 140 Å². The number of hydrogen-bond donors (Lipinski definition) is 9. The van der Waals surface area contributed by atoms with Gasteiger partial charge in [-0.25, -0.2) is 0 Å². The van der Waals surface area contributed by atoms with Gasteiger partial charge in [0.05, 0.1) is 32.0 Å². The fourth-order valence-corrected chi connectivity index (χ4v) is 6.61. The number of aliphatic hydroxyl groups excluding tert-OH is 8. The second-order valence-corrected chi connectivity index (χ2v) is 15.1. The SMILES string of the molecule is CCC/C=C\CCCCCCCC(=O)NC(COC1OC(CO)C(OC2OC(CO)C(O)C(O)C2O)C(O)C1O)C(O)/C=C/CC/C=C/CC/C=C/CCCCC. The van der Waals surface area contributed by atoms with E-state index >= 15 is 0 Å². The molecule has 2 aliphatic heterocycles. The molecule has 0 saturated carbocycles. The molecule has 2 fully saturated rings. The van der Waals surface area contributed by atoms with Crippen molar-refractivity contribution in [3.63, 3.8) is 0 Å². The average molecular weight is 814 g/mol. The van der Waals surface area contributed by atoms with Crippen molar-refractivity contribution in [2.24, 2.45) is 0 Å². The lowest BCUT2D eigenvalue weighted by molar-refractivity contribution is -0.359. The van der Waals surface area contributed by atoms with Crippen molar-refractivity contribution < 1.29 is 64.6 Å². The molecule has 2 saturated heterocycles. The van der Waals surface area contributed by atoms with Gasteiger partial charge in [-0.2, -0.15) is 0 Å². The second kappa shape index (κ2) is 30.9. The summed E-state index contributed by atoms with van der Waals surface area (Å²) < 4.78 is 22.5. The summed E-state index contributed by atoms with van der Waals surface area (Å²) in [6, 6.07) is -0.938. The molecule has 14 nitrogen and oxygen atoms in total. The van der Waals surface area contributed by atoms with Crippen LogP contribution in [0.4, 0.5) is 0 Å². The van der Waals surface area contributed by atoms with E-state index in [-0.39, 0.29) is 18.9 Å². The van der Waals surface area contributed by atoms with Crippen LogP contribution in [0.2, 0.25) is 0 Å². The minimum Gasteiger partial charge on any atom is -0.394 e. The standard InChI is InChI=1S/C43H75NO13/c1-3-5-7-9-11-13-15-16-17-18-20-22-24-26-32(47)31(44-35(48)27-25-23-21-19-14-12-10-8-6-4-2)30-54-42-40(53)38(51)41(34(29-46)56-42)57-43-39(52)37(50)36(49)33(28-45)55-43/h8,10-11,13,17-18,24,26,31-34,36-43,45-47,49-53H,3-7,9,12,14-16,19-23,25,27-30H2,1-2H3,(H,44,48)/b10-8-,13-11+,18-17+,26-24+. The first-order valence-corrected chi connectivity index (χ1v) is 21.4. The van der Waals surface area contributed by atoms with E-state index < -0.39 is 86.8 Å². The van der Waals surface area contributed by atoms with E-state index in [1.54, 1.807) is 6.08 Å². The topological polar surface area (TPSA) is 228 Å². The van der Waals surface area contributed by atoms with Gasteiger partial charge in [-0.3, -0.25) is 4.79 Å². The minimum atomic E-state index is -1.79. The van der Waals surface area contributed by atoms with Gasteiger partial charge in [0.2, 0.25) is 5.91 Å². The van der Waals surface area contributed by atoms with E-state index in [1.807, 2.05) is 6.08 Å². The van der Waals surface area contributed by atoms with Crippen LogP contribution < -0.4 is 5.32 Å². The number of amides is 1. The van der Waals surface area contributed by atoms with Crippen molar-refractivity contribution in [3.05, 3.63) is 48.6 Å². The first kappa shape index (κ1) is 51.1. The quantitative estimate of drug-likeness (QED) is 0.0375. The normalized spacial score (nSPS) is 29.6. The second-order valence-electron chi connectivity index (χ2n) is 15.1. The number of carbonyl (C=O) groups is 1. The van der Waals surface area contributed by atoms with Crippen molar-refractivity contribution in [1.82, 2.24) is 5.32 Å². The third-order valence-corrected chi connectivity index (χ3v) is 10.2. The highest BCUT2D eigenvalue weighted by molar-refractivity contribution is 5.76. The molecule has 2 heterocycles. The summed E-state index contributed by atoms with van der Waals surface area (Å²) in [5, 5.41) is 86.2. The van der Waals surface area contributed by atoms with Crippen molar-refractivity contribution >= 4 is 5.91 Å². The van der Waals surface area contributed by atoms with E-state index in [9.17, 15) is 45.6 Å². The Balaban J connectivity index is 1.97. The van der Waals surface area contributed by atoms with E-state index in [0.717, 1.165) is 70.6 Å². The Kier molecular flexibility index (Phi) is 27.7. The van der Waals surface area contributed by atoms with Gasteiger partial charge in [0.1, 0.15) is 48.8 Å². The van der Waals surface area contributed by atoms with Crippen LogP contribution in [0.25, 0.3) is 0 Å². The summed E-state index contributed by atoms with van der Waals surface area (Å²) >= 11 is 0. The highest BCUT2D eigenvalue weighted by atomic mass is 16.7. The molecule has 12 unspecified atom stereocenters. The number of unbranched alkanes of at least 4 members (excludes halogenated alkanes) is 11. The molecular weight excluding hydrogens is 738 g/mol. The summed E-state index contributed by atoms with van der Waals surface area (Å²) in [5.74, 6) is -0.271. The first-order chi connectivity index (χ1) is 27.6. The molecule has 0 aliphatic carbocycles. The van der Waals surface area contributed by atoms with Crippen LogP contribution in [0.3, 0.4) is 0 Å². The fraction of sp³-hybridized carbons (Fsp3) is 0.791. The minimum absolute atomic E-state index is 0.257. The summed E-state index contributed by atoms with van der Waals surface area (Å²) in [7, 11) is 0. The number of allylic oxidation sites excluding steroid dienone is 7. The largest absolute Gasteiger partial charge is 0.394 e. The van der Waals surface area contributed by atoms with Crippen LogP contribution in [0.1, 0.15) is 123 Å². The fourth-order valence-electron chi connectivity index (χ4n) is 6.61. The maximum absolute atomic E-state index is 13.0. The third-order valence-electron chi connectivity index (χ3n) is 10.2. The molecule has 0 bridgehead atoms. The average Bonchev–Trinajstić information content (AvgIpc) is 3.21. The van der Waals surface area contributed by atoms with Crippen molar-refractivity contribution in [2.75, 3.05) is 19.8 Å². The Labute approximate surface area is 340 Å². The molecule has 0 spiro atoms. The molecule has 57 heavy (non-hydrogen) atoms. The molecule has 9 N–H and O–H groups in total. The molecule has 2 aliphatic rings. The maximum Gasteiger partial charge on any atom is 0.220 e. The molecule has 2 rings (SSSR count). The number of nitrogens with one attached hydrogen (secondary N) is 1. The molecule has 0 aromatic heterocycles. The van der Waals surface area contributed by atoms with Gasteiger partial charge in [0.15, 0.2) is 12.6 Å². The lowest BCUT2D eigenvalue weighted by atomic mass is 9.97. The molecule has 14 heteroatoms. The van der Waals surface area contributed by atoms with Crippen LogP contribution >= 0.6 is 0 Å². The lowest BCUT2D eigenvalue weighted by Crippen LogP contribution is -2.65. The highest BCUT2D eigenvalue weighted by Crippen LogP contribution is 2.29. The predicted molar refractivity (Wildman–Crippen MR) is 217 cm³/mol. The highest BCUT2D eigenvalue weighted by Gasteiger charge is 2.50. The Morgan fingerprint density at radius 3 is 1.79 bits per heavy atom. The summed E-state index contributed by atoms with van der Waals surface area (Å²) in [6.07, 6.45) is 16.0. The van der Waals surface area contributed by atoms with Crippen molar-refractivity contribution in [2.45, 2.75) is 197 Å². The Morgan fingerprint density at radius 2 is 1.16 bits per heavy atom. The van der Waals surface area contributed by atoms with Gasteiger partial charge in [-0.05, 0) is 64.2 Å². The van der Waals surface area contributed by atoms with Gasteiger partial charge in [0.25, 0.3) is 0 Å². The van der Waals surface area contributed by atoms with E-state index in [1.165, 1.54) is 19.3 Å². The maximum atomic E-state index is 13.0. The van der Waals surface area contributed by atoms with E-state index in [2.05, 4.69) is 55.6 Å². The van der Waals surface area contributed by atoms with Crippen LogP contribution in [-0.2, 0) is 23.7 Å². The zero-order valence-corrected chi connectivity index (χ0v) is 34.3. The van der Waals surface area contributed by atoms with E-state index in [4.69, 9.17) is 18.9 Å². The predicted octanol–water partition coefficient (Wildman–Crippen LogP) is 3.37. The number of ether oxygens (including phenoxy) is 4. The van der Waals surface area contributed by atoms with Gasteiger partial charge >= 0.3 is 0 Å². The zero-order valence-electron chi connectivity index (χ0n) is 34.3.